The molecule has 136 valence electrons. The molecule has 1 amide bonds. The van der Waals surface area contributed by atoms with Crippen molar-refractivity contribution in [1.29, 1.82) is 0 Å². The number of carbonyl (C=O) groups is 1. The molecule has 1 atom stereocenters. The molecule has 2 rings (SSSR count). The smallest absolute Gasteiger partial charge is 0.387 e. The summed E-state index contributed by atoms with van der Waals surface area (Å²) in [5.74, 6) is 0.642. The van der Waals surface area contributed by atoms with Gasteiger partial charge in [-0.15, -0.1) is 12.4 Å². The van der Waals surface area contributed by atoms with Gasteiger partial charge in [0, 0.05) is 12.0 Å². The fourth-order valence-corrected chi connectivity index (χ4v) is 2.94. The normalized spacial score (nSPS) is 16.3. The largest absolute Gasteiger partial charge is 0.434 e. The first-order chi connectivity index (χ1) is 11.1. The zero-order valence-electron chi connectivity index (χ0n) is 13.8. The van der Waals surface area contributed by atoms with Crippen LogP contribution in [0.15, 0.2) is 24.3 Å². The van der Waals surface area contributed by atoms with Gasteiger partial charge in [0.25, 0.3) is 0 Å². The molecule has 1 aromatic carbocycles. The van der Waals surface area contributed by atoms with Crippen LogP contribution in [-0.2, 0) is 4.79 Å². The Balaban J connectivity index is 0.00000288. The van der Waals surface area contributed by atoms with Crippen LogP contribution >= 0.6 is 12.4 Å². The van der Waals surface area contributed by atoms with Crippen LogP contribution in [-0.4, -0.2) is 25.6 Å². The highest BCUT2D eigenvalue weighted by molar-refractivity contribution is 5.85. The van der Waals surface area contributed by atoms with Crippen LogP contribution in [0.5, 0.6) is 5.75 Å². The Bertz CT molecular complexity index is 511. The second-order valence-electron chi connectivity index (χ2n) is 5.94. The molecule has 0 spiro atoms. The van der Waals surface area contributed by atoms with Crippen molar-refractivity contribution in [2.24, 2.45) is 5.92 Å². The highest BCUT2D eigenvalue weighted by Gasteiger charge is 2.18. The van der Waals surface area contributed by atoms with Crippen molar-refractivity contribution in [3.63, 3.8) is 0 Å². The molecule has 1 saturated heterocycles. The number of benzene rings is 1. The minimum atomic E-state index is -2.88. The van der Waals surface area contributed by atoms with Crippen LogP contribution in [0.25, 0.3) is 0 Å². The third kappa shape index (κ3) is 6.61. The second-order valence-corrected chi connectivity index (χ2v) is 5.94. The second kappa shape index (κ2) is 10.5. The molecule has 0 aliphatic carbocycles. The quantitative estimate of drug-likeness (QED) is 0.778. The lowest BCUT2D eigenvalue weighted by molar-refractivity contribution is -0.122. The molecule has 24 heavy (non-hydrogen) atoms. The summed E-state index contributed by atoms with van der Waals surface area (Å²) >= 11 is 0. The first kappa shape index (κ1) is 20.6. The number of halogens is 3. The zero-order valence-corrected chi connectivity index (χ0v) is 14.6. The monoisotopic (exact) mass is 362 g/mol. The number of para-hydroxylation sites is 1. The maximum Gasteiger partial charge on any atom is 0.387 e. The van der Waals surface area contributed by atoms with Crippen molar-refractivity contribution in [3.8, 4) is 5.75 Å². The van der Waals surface area contributed by atoms with E-state index in [0.717, 1.165) is 32.4 Å². The van der Waals surface area contributed by atoms with E-state index >= 15 is 0 Å². The summed E-state index contributed by atoms with van der Waals surface area (Å²) in [4.78, 5) is 12.1. The van der Waals surface area contributed by atoms with E-state index in [4.69, 9.17) is 0 Å². The molecule has 0 aromatic heterocycles. The van der Waals surface area contributed by atoms with Crippen molar-refractivity contribution in [2.75, 3.05) is 13.1 Å². The van der Waals surface area contributed by atoms with Gasteiger partial charge in [-0.3, -0.25) is 4.79 Å². The lowest BCUT2D eigenvalue weighted by atomic mass is 9.93. The molecule has 1 aliphatic rings. The molecule has 1 aromatic rings. The Morgan fingerprint density at radius 1 is 1.33 bits per heavy atom. The van der Waals surface area contributed by atoms with Crippen LogP contribution in [0, 0.1) is 5.92 Å². The van der Waals surface area contributed by atoms with Crippen LogP contribution in [0.4, 0.5) is 8.78 Å². The van der Waals surface area contributed by atoms with E-state index in [2.05, 4.69) is 15.4 Å². The topological polar surface area (TPSA) is 50.4 Å². The maximum atomic E-state index is 12.4. The molecular weight excluding hydrogens is 338 g/mol. The number of piperidine rings is 1. The average Bonchev–Trinajstić information content (AvgIpc) is 2.54. The average molecular weight is 363 g/mol. The molecule has 7 heteroatoms. The molecule has 4 nitrogen and oxygen atoms in total. The number of ether oxygens (including phenoxy) is 1. The predicted molar refractivity (Wildman–Crippen MR) is 91.7 cm³/mol. The first-order valence-electron chi connectivity index (χ1n) is 8.10. The van der Waals surface area contributed by atoms with Gasteiger partial charge < -0.3 is 15.4 Å². The number of rotatable bonds is 7. The van der Waals surface area contributed by atoms with Gasteiger partial charge in [0.2, 0.25) is 5.91 Å². The van der Waals surface area contributed by atoms with Crippen molar-refractivity contribution in [1.82, 2.24) is 10.6 Å². The Morgan fingerprint density at radius 3 is 2.67 bits per heavy atom. The summed E-state index contributed by atoms with van der Waals surface area (Å²) in [5, 5.41) is 6.17. The maximum absolute atomic E-state index is 12.4. The standard InChI is InChI=1S/C17H24F2N2O2.ClH/c1-12(14-4-2-3-5-15(14)23-17(18)19)21-16(22)7-6-13-8-10-20-11-9-13;/h2-5,12-13,17,20H,6-11H2,1H3,(H,21,22);1H. The number of hydrogen-bond acceptors (Lipinski definition) is 3. The Morgan fingerprint density at radius 2 is 2.00 bits per heavy atom. The van der Waals surface area contributed by atoms with Crippen molar-refractivity contribution in [2.45, 2.75) is 45.3 Å². The third-order valence-corrected chi connectivity index (χ3v) is 4.22. The molecular formula is C17H25ClF2N2O2. The molecule has 1 fully saturated rings. The molecule has 1 heterocycles. The number of alkyl halides is 2. The molecule has 2 N–H and O–H groups in total. The predicted octanol–water partition coefficient (Wildman–Crippen LogP) is 3.67. The number of hydrogen-bond donors (Lipinski definition) is 2. The van der Waals surface area contributed by atoms with E-state index in [1.807, 2.05) is 0 Å². The van der Waals surface area contributed by atoms with E-state index in [1.165, 1.54) is 6.07 Å². The van der Waals surface area contributed by atoms with E-state index in [9.17, 15) is 13.6 Å². The van der Waals surface area contributed by atoms with E-state index in [0.29, 0.717) is 17.9 Å². The van der Waals surface area contributed by atoms with Gasteiger partial charge in [0.1, 0.15) is 5.75 Å². The number of carbonyl (C=O) groups excluding carboxylic acids is 1. The van der Waals surface area contributed by atoms with Gasteiger partial charge in [-0.25, -0.2) is 0 Å². The summed E-state index contributed by atoms with van der Waals surface area (Å²) < 4.78 is 29.4. The van der Waals surface area contributed by atoms with Crippen molar-refractivity contribution in [3.05, 3.63) is 29.8 Å². The summed E-state index contributed by atoms with van der Waals surface area (Å²) in [6.45, 7) is 0.928. The van der Waals surface area contributed by atoms with Gasteiger partial charge in [0.15, 0.2) is 0 Å². The van der Waals surface area contributed by atoms with Gasteiger partial charge in [-0.2, -0.15) is 8.78 Å². The Kier molecular flexibility index (Phi) is 9.00. The minimum Gasteiger partial charge on any atom is -0.434 e. The first-order valence-corrected chi connectivity index (χ1v) is 8.10. The zero-order chi connectivity index (χ0) is 16.7. The fourth-order valence-electron chi connectivity index (χ4n) is 2.94. The summed E-state index contributed by atoms with van der Waals surface area (Å²) in [6, 6.07) is 6.18. The summed E-state index contributed by atoms with van der Waals surface area (Å²) in [7, 11) is 0. The van der Waals surface area contributed by atoms with Crippen LogP contribution in [0.2, 0.25) is 0 Å². The lowest BCUT2D eigenvalue weighted by Gasteiger charge is -2.23. The molecule has 1 unspecified atom stereocenters. The van der Waals surface area contributed by atoms with Crippen molar-refractivity contribution < 1.29 is 18.3 Å². The summed E-state index contributed by atoms with van der Waals surface area (Å²) in [5.41, 5.74) is 0.558. The number of nitrogens with one attached hydrogen (secondary N) is 2. The van der Waals surface area contributed by atoms with Crippen LogP contribution in [0.3, 0.4) is 0 Å². The van der Waals surface area contributed by atoms with Gasteiger partial charge >= 0.3 is 6.61 Å². The van der Waals surface area contributed by atoms with Gasteiger partial charge in [0.05, 0.1) is 6.04 Å². The lowest BCUT2D eigenvalue weighted by Crippen LogP contribution is -2.30. The van der Waals surface area contributed by atoms with Crippen LogP contribution in [0.1, 0.15) is 44.2 Å². The number of amides is 1. The highest BCUT2D eigenvalue weighted by Crippen LogP contribution is 2.26. The third-order valence-electron chi connectivity index (χ3n) is 4.22. The minimum absolute atomic E-state index is 0. The molecule has 0 radical (unpaired) electrons. The Hall–Kier alpha value is -1.40. The van der Waals surface area contributed by atoms with Gasteiger partial charge in [-0.05, 0) is 51.3 Å². The van der Waals surface area contributed by atoms with Gasteiger partial charge in [-0.1, -0.05) is 18.2 Å². The summed E-state index contributed by atoms with van der Waals surface area (Å²) in [6.07, 6.45) is 3.55. The SMILES string of the molecule is CC(NC(=O)CCC1CCNCC1)c1ccccc1OC(F)F.Cl. The van der Waals surface area contributed by atoms with Crippen LogP contribution < -0.4 is 15.4 Å². The fraction of sp³-hybridized carbons (Fsp3) is 0.588. The van der Waals surface area contributed by atoms with Crippen molar-refractivity contribution >= 4 is 18.3 Å². The Labute approximate surface area is 147 Å². The molecule has 1 aliphatic heterocycles. The van der Waals surface area contributed by atoms with E-state index in [-0.39, 0.29) is 30.1 Å². The molecule has 0 saturated carbocycles. The van der Waals surface area contributed by atoms with E-state index in [1.54, 1.807) is 25.1 Å². The van der Waals surface area contributed by atoms with E-state index < -0.39 is 6.61 Å². The highest BCUT2D eigenvalue weighted by atomic mass is 35.5. The molecule has 0 bridgehead atoms.